The Morgan fingerprint density at radius 2 is 2.10 bits per heavy atom. The minimum absolute atomic E-state index is 0.105. The van der Waals surface area contributed by atoms with E-state index in [0.717, 1.165) is 18.8 Å². The lowest BCUT2D eigenvalue weighted by Gasteiger charge is -2.47. The number of hydrogen-bond acceptors (Lipinski definition) is 9. The molecule has 5 heterocycles. The van der Waals surface area contributed by atoms with Crippen molar-refractivity contribution in [2.24, 2.45) is 0 Å². The molecule has 2 N–H and O–H groups in total. The van der Waals surface area contributed by atoms with E-state index < -0.39 is 6.61 Å². The molecular formula is C20H24F2N6O3. The Morgan fingerprint density at radius 3 is 2.74 bits per heavy atom. The molecule has 2 aromatic rings. The fourth-order valence-electron chi connectivity index (χ4n) is 4.36. The highest BCUT2D eigenvalue weighted by molar-refractivity contribution is 5.68. The number of nitrogen functional groups attached to an aromatic ring is 1. The summed E-state index contributed by atoms with van der Waals surface area (Å²) >= 11 is 0. The summed E-state index contributed by atoms with van der Waals surface area (Å²) in [5.41, 5.74) is 6.52. The van der Waals surface area contributed by atoms with Gasteiger partial charge < -0.3 is 29.7 Å². The first-order valence-electron chi connectivity index (χ1n) is 10.1. The molecule has 0 amide bonds. The summed E-state index contributed by atoms with van der Waals surface area (Å²) in [4.78, 5) is 17.8. The molecule has 0 aliphatic carbocycles. The van der Waals surface area contributed by atoms with Gasteiger partial charge in [-0.3, -0.25) is 0 Å². The molecule has 166 valence electrons. The molecule has 3 aliphatic rings. The van der Waals surface area contributed by atoms with Gasteiger partial charge in [0.1, 0.15) is 11.4 Å². The van der Waals surface area contributed by atoms with Crippen LogP contribution in [0.4, 0.5) is 26.4 Å². The molecule has 0 spiro atoms. The van der Waals surface area contributed by atoms with E-state index in [0.29, 0.717) is 36.9 Å². The summed E-state index contributed by atoms with van der Waals surface area (Å²) < 4.78 is 41.3. The maximum Gasteiger partial charge on any atom is 0.387 e. The van der Waals surface area contributed by atoms with Gasteiger partial charge in [-0.2, -0.15) is 13.8 Å². The summed E-state index contributed by atoms with van der Waals surface area (Å²) in [6.45, 7) is 1.77. The van der Waals surface area contributed by atoms with Crippen LogP contribution in [0.2, 0.25) is 0 Å². The van der Waals surface area contributed by atoms with E-state index in [1.807, 2.05) is 17.9 Å². The number of fused-ring (bicyclic) bond motifs is 2. The third-order valence-corrected chi connectivity index (χ3v) is 6.12. The fourth-order valence-corrected chi connectivity index (χ4v) is 4.36. The van der Waals surface area contributed by atoms with Crippen molar-refractivity contribution >= 4 is 17.6 Å². The first-order chi connectivity index (χ1) is 14.8. The highest BCUT2D eigenvalue weighted by atomic mass is 19.3. The summed E-state index contributed by atoms with van der Waals surface area (Å²) in [6.07, 6.45) is 2.67. The Bertz CT molecular complexity index is 987. The molecule has 2 bridgehead atoms. The van der Waals surface area contributed by atoms with Crippen LogP contribution in [0.1, 0.15) is 13.3 Å². The Morgan fingerprint density at radius 1 is 1.29 bits per heavy atom. The van der Waals surface area contributed by atoms with Gasteiger partial charge in [0.2, 0.25) is 5.95 Å². The summed E-state index contributed by atoms with van der Waals surface area (Å²) in [7, 11) is 1.69. The zero-order chi connectivity index (χ0) is 21.8. The Labute approximate surface area is 178 Å². The summed E-state index contributed by atoms with van der Waals surface area (Å²) in [5.74, 6) is 1.04. The molecule has 0 radical (unpaired) electrons. The summed E-state index contributed by atoms with van der Waals surface area (Å²) in [5, 5.41) is 0. The van der Waals surface area contributed by atoms with E-state index in [-0.39, 0.29) is 29.3 Å². The number of morpholine rings is 1. The highest BCUT2D eigenvalue weighted by Crippen LogP contribution is 2.36. The number of halogens is 2. The van der Waals surface area contributed by atoms with Gasteiger partial charge >= 0.3 is 6.61 Å². The van der Waals surface area contributed by atoms with Crippen molar-refractivity contribution in [2.45, 2.75) is 37.7 Å². The molecule has 3 saturated heterocycles. The van der Waals surface area contributed by atoms with Crippen molar-refractivity contribution in [1.29, 1.82) is 0 Å². The minimum Gasteiger partial charge on any atom is -0.431 e. The molecule has 0 saturated carbocycles. The number of pyridine rings is 1. The van der Waals surface area contributed by atoms with Crippen molar-refractivity contribution in [1.82, 2.24) is 15.0 Å². The number of aromatic nitrogens is 3. The minimum atomic E-state index is -3.00. The molecule has 0 aromatic carbocycles. The number of nitrogens with zero attached hydrogens (tertiary/aromatic N) is 5. The lowest BCUT2D eigenvalue weighted by Crippen LogP contribution is -2.61. The van der Waals surface area contributed by atoms with Crippen LogP contribution in [0, 0.1) is 0 Å². The van der Waals surface area contributed by atoms with Gasteiger partial charge in [0.15, 0.2) is 11.6 Å². The largest absolute Gasteiger partial charge is 0.431 e. The molecule has 3 aliphatic heterocycles. The number of methoxy groups -OCH3 is 1. The predicted molar refractivity (Wildman–Crippen MR) is 109 cm³/mol. The van der Waals surface area contributed by atoms with Crippen molar-refractivity contribution in [3.8, 4) is 17.0 Å². The molecule has 11 heteroatoms. The smallest absolute Gasteiger partial charge is 0.387 e. The molecule has 9 nitrogen and oxygen atoms in total. The lowest BCUT2D eigenvalue weighted by molar-refractivity contribution is -0.0494. The maximum atomic E-state index is 12.8. The third kappa shape index (κ3) is 3.72. The van der Waals surface area contributed by atoms with Crippen molar-refractivity contribution < 1.29 is 23.0 Å². The zero-order valence-corrected chi connectivity index (χ0v) is 17.3. The molecule has 2 aromatic heterocycles. The van der Waals surface area contributed by atoms with E-state index in [1.54, 1.807) is 7.11 Å². The van der Waals surface area contributed by atoms with Gasteiger partial charge in [-0.1, -0.05) is 0 Å². The number of anilines is 3. The van der Waals surface area contributed by atoms with Crippen LogP contribution in [-0.2, 0) is 9.47 Å². The second kappa shape index (κ2) is 7.41. The van der Waals surface area contributed by atoms with E-state index in [2.05, 4.69) is 19.6 Å². The average Bonchev–Trinajstić information content (AvgIpc) is 3.36. The van der Waals surface area contributed by atoms with E-state index in [1.165, 1.54) is 12.3 Å². The molecule has 0 unspecified atom stereocenters. The molecular weight excluding hydrogens is 410 g/mol. The van der Waals surface area contributed by atoms with Gasteiger partial charge in [-0.05, 0) is 19.4 Å². The van der Waals surface area contributed by atoms with Crippen LogP contribution in [-0.4, -0.2) is 72.7 Å². The van der Waals surface area contributed by atoms with Crippen LogP contribution < -0.4 is 20.3 Å². The van der Waals surface area contributed by atoms with Gasteiger partial charge in [0.05, 0.1) is 37.5 Å². The van der Waals surface area contributed by atoms with E-state index in [4.69, 9.17) is 20.2 Å². The van der Waals surface area contributed by atoms with E-state index >= 15 is 0 Å². The van der Waals surface area contributed by atoms with Crippen molar-refractivity contribution in [2.75, 3.05) is 48.9 Å². The molecule has 3 fully saturated rings. The predicted octanol–water partition coefficient (Wildman–Crippen LogP) is 1.92. The Balaban J connectivity index is 1.52. The number of hydrogen-bond donors (Lipinski definition) is 1. The zero-order valence-electron chi connectivity index (χ0n) is 17.3. The lowest BCUT2D eigenvalue weighted by atomic mass is 9.97. The van der Waals surface area contributed by atoms with Crippen LogP contribution in [0.5, 0.6) is 5.75 Å². The molecule has 5 rings (SSSR count). The fraction of sp³-hybridized carbons (Fsp3) is 0.550. The van der Waals surface area contributed by atoms with E-state index in [9.17, 15) is 8.78 Å². The Hall–Kier alpha value is -2.79. The number of ether oxygens (including phenoxy) is 3. The number of alkyl halides is 2. The first kappa shape index (κ1) is 20.1. The van der Waals surface area contributed by atoms with Crippen molar-refractivity contribution in [3.63, 3.8) is 0 Å². The maximum absolute atomic E-state index is 12.8. The van der Waals surface area contributed by atoms with Crippen LogP contribution in [0.25, 0.3) is 11.3 Å². The normalized spacial score (nSPS) is 24.0. The molecule has 31 heavy (non-hydrogen) atoms. The van der Waals surface area contributed by atoms with Crippen LogP contribution >= 0.6 is 0 Å². The van der Waals surface area contributed by atoms with Gasteiger partial charge in [0.25, 0.3) is 0 Å². The van der Waals surface area contributed by atoms with Crippen LogP contribution in [0.3, 0.4) is 0 Å². The SMILES string of the molecule is COC1(C)CN(c2nc(-c3cnc(N)c(OC(F)F)c3)cc(N3C[C@@H]4C[C@H]3CO4)n2)C1. The topological polar surface area (TPSA) is 98.9 Å². The van der Waals surface area contributed by atoms with Crippen LogP contribution in [0.15, 0.2) is 18.3 Å². The number of nitrogens with two attached hydrogens (primary N) is 1. The Kier molecular flexibility index (Phi) is 4.82. The van der Waals surface area contributed by atoms with Gasteiger partial charge in [-0.15, -0.1) is 0 Å². The first-order valence-corrected chi connectivity index (χ1v) is 10.1. The monoisotopic (exact) mass is 434 g/mol. The van der Waals surface area contributed by atoms with Gasteiger partial charge in [0, 0.05) is 31.5 Å². The standard InChI is InChI=1S/C20H24F2N6O3/c1-20(29-2)9-27(10-20)19-25-14(11-3-15(31-18(21)22)17(23)24-6-11)5-16(26-19)28-7-13-4-12(28)8-30-13/h3,5-6,12-13,18H,4,7-10H2,1-2H3,(H2,23,24)/t12-,13-/m0/s1. The number of rotatable bonds is 6. The summed E-state index contributed by atoms with van der Waals surface area (Å²) in [6, 6.07) is 3.54. The quantitative estimate of drug-likeness (QED) is 0.731. The second-order valence-corrected chi connectivity index (χ2v) is 8.40. The second-order valence-electron chi connectivity index (χ2n) is 8.40. The average molecular weight is 434 g/mol. The van der Waals surface area contributed by atoms with Gasteiger partial charge in [-0.25, -0.2) is 9.97 Å². The molecule has 2 atom stereocenters. The van der Waals surface area contributed by atoms with Crippen molar-refractivity contribution in [3.05, 3.63) is 18.3 Å². The third-order valence-electron chi connectivity index (χ3n) is 6.12. The highest BCUT2D eigenvalue weighted by Gasteiger charge is 2.42.